The zero-order chi connectivity index (χ0) is 14.3. The Kier molecular flexibility index (Phi) is 2.70. The molecule has 1 saturated carbocycles. The van der Waals surface area contributed by atoms with E-state index in [2.05, 4.69) is 4.98 Å². The number of Topliss-reactive ketones (excluding diaryl/α,β-unsaturated/α-hetero) is 1. The van der Waals surface area contributed by atoms with Crippen molar-refractivity contribution in [3.63, 3.8) is 0 Å². The van der Waals surface area contributed by atoms with E-state index in [1.54, 1.807) is 6.20 Å². The maximum absolute atomic E-state index is 12.7. The van der Waals surface area contributed by atoms with E-state index >= 15 is 0 Å². The molecule has 1 aromatic carbocycles. The van der Waals surface area contributed by atoms with Crippen LogP contribution in [0.1, 0.15) is 24.1 Å². The van der Waals surface area contributed by atoms with Crippen LogP contribution in [-0.2, 0) is 16.6 Å². The topological polar surface area (TPSA) is 48.4 Å². The number of aromatic nitrogens is 1. The molecule has 4 rings (SSSR count). The van der Waals surface area contributed by atoms with Crippen LogP contribution in [0.15, 0.2) is 42.6 Å². The predicted octanol–water partition coefficient (Wildman–Crippen LogP) is 2.65. The van der Waals surface area contributed by atoms with Gasteiger partial charge in [-0.3, -0.25) is 9.78 Å². The number of benzene rings is 1. The number of fused-ring (bicyclic) bond motifs is 1. The Balaban J connectivity index is 1.60. The SMILES string of the molecule is O=C(Cc1ccccn1)C1(c2ccc3c(c2)OCO3)CC1. The van der Waals surface area contributed by atoms with Crippen LogP contribution >= 0.6 is 0 Å². The lowest BCUT2D eigenvalue weighted by atomic mass is 9.88. The van der Waals surface area contributed by atoms with Gasteiger partial charge in [-0.05, 0) is 42.7 Å². The summed E-state index contributed by atoms with van der Waals surface area (Å²) in [5.74, 6) is 1.73. The number of ketones is 1. The van der Waals surface area contributed by atoms with Crippen LogP contribution in [0.4, 0.5) is 0 Å². The molecule has 0 amide bonds. The van der Waals surface area contributed by atoms with Gasteiger partial charge in [-0.25, -0.2) is 0 Å². The first kappa shape index (κ1) is 12.4. The van der Waals surface area contributed by atoms with Crippen LogP contribution in [0.2, 0.25) is 0 Å². The molecule has 1 fully saturated rings. The zero-order valence-electron chi connectivity index (χ0n) is 11.5. The highest BCUT2D eigenvalue weighted by Gasteiger charge is 2.50. The Morgan fingerprint density at radius 1 is 1.14 bits per heavy atom. The quantitative estimate of drug-likeness (QED) is 0.864. The van der Waals surface area contributed by atoms with Crippen LogP contribution in [0.5, 0.6) is 11.5 Å². The predicted molar refractivity (Wildman–Crippen MR) is 76.4 cm³/mol. The fourth-order valence-corrected chi connectivity index (χ4v) is 2.88. The monoisotopic (exact) mass is 281 g/mol. The van der Waals surface area contributed by atoms with Gasteiger partial charge in [-0.15, -0.1) is 0 Å². The molecule has 1 aromatic heterocycles. The van der Waals surface area contributed by atoms with Gasteiger partial charge in [0.1, 0.15) is 5.78 Å². The van der Waals surface area contributed by atoms with Crippen molar-refractivity contribution in [2.24, 2.45) is 0 Å². The average Bonchev–Trinajstić information content (AvgIpc) is 3.20. The number of hydrogen-bond acceptors (Lipinski definition) is 4. The third kappa shape index (κ3) is 2.07. The highest BCUT2D eigenvalue weighted by atomic mass is 16.7. The summed E-state index contributed by atoms with van der Waals surface area (Å²) in [6, 6.07) is 11.5. The summed E-state index contributed by atoms with van der Waals surface area (Å²) in [5.41, 5.74) is 1.51. The molecule has 0 spiro atoms. The van der Waals surface area contributed by atoms with E-state index in [0.29, 0.717) is 6.42 Å². The maximum Gasteiger partial charge on any atom is 0.231 e. The molecule has 2 aliphatic rings. The molecule has 0 bridgehead atoms. The van der Waals surface area contributed by atoms with Gasteiger partial charge in [0.25, 0.3) is 0 Å². The Bertz CT molecular complexity index is 692. The minimum atomic E-state index is -0.349. The van der Waals surface area contributed by atoms with Crippen molar-refractivity contribution in [2.75, 3.05) is 6.79 Å². The van der Waals surface area contributed by atoms with Crippen LogP contribution in [-0.4, -0.2) is 17.6 Å². The molecular formula is C17H15NO3. The van der Waals surface area contributed by atoms with Crippen molar-refractivity contribution in [2.45, 2.75) is 24.7 Å². The van der Waals surface area contributed by atoms with E-state index in [0.717, 1.165) is 35.6 Å². The standard InChI is InChI=1S/C17H15NO3/c19-16(10-13-3-1-2-8-18-13)17(6-7-17)12-4-5-14-15(9-12)21-11-20-14/h1-5,8-9H,6-7,10-11H2. The summed E-state index contributed by atoms with van der Waals surface area (Å²) in [4.78, 5) is 16.9. The summed E-state index contributed by atoms with van der Waals surface area (Å²) < 4.78 is 10.7. The summed E-state index contributed by atoms with van der Waals surface area (Å²) >= 11 is 0. The first-order valence-electron chi connectivity index (χ1n) is 7.11. The van der Waals surface area contributed by atoms with Crippen LogP contribution in [0.3, 0.4) is 0 Å². The lowest BCUT2D eigenvalue weighted by molar-refractivity contribution is -0.120. The zero-order valence-corrected chi connectivity index (χ0v) is 11.5. The van der Waals surface area contributed by atoms with Gasteiger partial charge in [0.15, 0.2) is 11.5 Å². The van der Waals surface area contributed by atoms with Crippen molar-refractivity contribution in [1.82, 2.24) is 4.98 Å². The fourth-order valence-electron chi connectivity index (χ4n) is 2.88. The van der Waals surface area contributed by atoms with Crippen molar-refractivity contribution >= 4 is 5.78 Å². The molecule has 4 nitrogen and oxygen atoms in total. The number of pyridine rings is 1. The highest BCUT2D eigenvalue weighted by Crippen LogP contribution is 2.51. The molecule has 0 radical (unpaired) electrons. The lowest BCUT2D eigenvalue weighted by Crippen LogP contribution is -2.22. The van der Waals surface area contributed by atoms with Crippen molar-refractivity contribution < 1.29 is 14.3 Å². The van der Waals surface area contributed by atoms with Crippen molar-refractivity contribution in [1.29, 1.82) is 0 Å². The molecule has 2 aromatic rings. The summed E-state index contributed by atoms with van der Waals surface area (Å²) in [7, 11) is 0. The second kappa shape index (κ2) is 4.58. The Labute approximate surface area is 122 Å². The number of carbonyl (C=O) groups excluding carboxylic acids is 1. The summed E-state index contributed by atoms with van der Waals surface area (Å²) in [6.45, 7) is 0.258. The molecule has 0 saturated heterocycles. The van der Waals surface area contributed by atoms with Crippen molar-refractivity contribution in [3.8, 4) is 11.5 Å². The molecule has 106 valence electrons. The number of nitrogens with zero attached hydrogens (tertiary/aromatic N) is 1. The second-order valence-corrected chi connectivity index (χ2v) is 5.57. The van der Waals surface area contributed by atoms with Gasteiger partial charge in [0.2, 0.25) is 6.79 Å². The first-order chi connectivity index (χ1) is 10.3. The third-order valence-electron chi connectivity index (χ3n) is 4.28. The largest absolute Gasteiger partial charge is 0.454 e. The van der Waals surface area contributed by atoms with E-state index in [1.807, 2.05) is 36.4 Å². The van der Waals surface area contributed by atoms with Crippen LogP contribution in [0, 0.1) is 0 Å². The number of ether oxygens (including phenoxy) is 2. The molecular weight excluding hydrogens is 266 g/mol. The Hall–Kier alpha value is -2.36. The number of rotatable bonds is 4. The van der Waals surface area contributed by atoms with E-state index in [1.165, 1.54) is 0 Å². The molecule has 0 atom stereocenters. The summed E-state index contributed by atoms with van der Waals surface area (Å²) in [6.07, 6.45) is 3.91. The normalized spacial score (nSPS) is 17.5. The minimum Gasteiger partial charge on any atom is -0.454 e. The van der Waals surface area contributed by atoms with Gasteiger partial charge in [0.05, 0.1) is 5.41 Å². The third-order valence-corrected chi connectivity index (χ3v) is 4.28. The summed E-state index contributed by atoms with van der Waals surface area (Å²) in [5, 5.41) is 0. The van der Waals surface area contributed by atoms with Crippen LogP contribution in [0.25, 0.3) is 0 Å². The highest BCUT2D eigenvalue weighted by molar-refractivity contribution is 5.94. The fraction of sp³-hybridized carbons (Fsp3) is 0.294. The Morgan fingerprint density at radius 3 is 2.76 bits per heavy atom. The molecule has 2 heterocycles. The van der Waals surface area contributed by atoms with Gasteiger partial charge in [-0.1, -0.05) is 12.1 Å². The van der Waals surface area contributed by atoms with E-state index in [9.17, 15) is 4.79 Å². The van der Waals surface area contributed by atoms with E-state index < -0.39 is 0 Å². The molecule has 1 aliphatic carbocycles. The molecule has 0 unspecified atom stereocenters. The molecule has 0 N–H and O–H groups in total. The molecule has 1 aliphatic heterocycles. The Morgan fingerprint density at radius 2 is 2.00 bits per heavy atom. The van der Waals surface area contributed by atoms with Crippen LogP contribution < -0.4 is 9.47 Å². The maximum atomic E-state index is 12.7. The van der Waals surface area contributed by atoms with Gasteiger partial charge < -0.3 is 9.47 Å². The van der Waals surface area contributed by atoms with Gasteiger partial charge >= 0.3 is 0 Å². The second-order valence-electron chi connectivity index (χ2n) is 5.57. The van der Waals surface area contributed by atoms with Crippen molar-refractivity contribution in [3.05, 3.63) is 53.9 Å². The molecule has 21 heavy (non-hydrogen) atoms. The van der Waals surface area contributed by atoms with Gasteiger partial charge in [-0.2, -0.15) is 0 Å². The average molecular weight is 281 g/mol. The first-order valence-corrected chi connectivity index (χ1v) is 7.11. The number of carbonyl (C=O) groups is 1. The van der Waals surface area contributed by atoms with E-state index in [-0.39, 0.29) is 18.0 Å². The molecule has 4 heteroatoms. The smallest absolute Gasteiger partial charge is 0.231 e. The van der Waals surface area contributed by atoms with E-state index in [4.69, 9.17) is 9.47 Å². The van der Waals surface area contributed by atoms with Gasteiger partial charge in [0, 0.05) is 18.3 Å². The lowest BCUT2D eigenvalue weighted by Gasteiger charge is -2.15. The number of hydrogen-bond donors (Lipinski definition) is 0. The minimum absolute atomic E-state index is 0.236.